The summed E-state index contributed by atoms with van der Waals surface area (Å²) in [5.41, 5.74) is 4.65. The van der Waals surface area contributed by atoms with Gasteiger partial charge in [0.15, 0.2) is 23.0 Å². The number of likely N-dealkylation sites (N-methyl/N-ethyl adjacent to an activating group) is 1. The van der Waals surface area contributed by atoms with Gasteiger partial charge in [-0.05, 0) is 48.4 Å². The molecule has 0 radical (unpaired) electrons. The smallest absolute Gasteiger partial charge is 0.394 e. The van der Waals surface area contributed by atoms with Gasteiger partial charge in [-0.3, -0.25) is 14.0 Å². The average Bonchev–Trinajstić information content (AvgIpc) is 3.33. The molecule has 3 heterocycles. The lowest BCUT2D eigenvalue weighted by Gasteiger charge is -2.46. The molecule has 3 atom stereocenters. The van der Waals surface area contributed by atoms with Gasteiger partial charge in [-0.25, -0.2) is 0 Å². The quantitative estimate of drug-likeness (QED) is 0.508. The van der Waals surface area contributed by atoms with Crippen LogP contribution in [-0.4, -0.2) is 54.3 Å². The lowest BCUT2D eigenvalue weighted by molar-refractivity contribution is 0.0591. The van der Waals surface area contributed by atoms with E-state index >= 15 is 0 Å². The minimum absolute atomic E-state index is 0.00822. The third kappa shape index (κ3) is 3.58. The summed E-state index contributed by atoms with van der Waals surface area (Å²) in [5, 5.41) is 11.0. The molecule has 0 amide bonds. The number of fused-ring (bicyclic) bond motifs is 8. The second-order valence-electron chi connectivity index (χ2n) is 7.88. The molecule has 0 aromatic heterocycles. The normalized spacial score (nSPS) is 25.1. The predicted octanol–water partition coefficient (Wildman–Crippen LogP) is 1.68. The van der Waals surface area contributed by atoms with Crippen molar-refractivity contribution in [1.82, 2.24) is 4.90 Å². The molecule has 1 aliphatic carbocycles. The van der Waals surface area contributed by atoms with Crippen molar-refractivity contribution in [2.75, 3.05) is 20.6 Å². The number of ether oxygens (including phenoxy) is 4. The first-order valence-electron chi connectivity index (χ1n) is 9.62. The van der Waals surface area contributed by atoms with Crippen molar-refractivity contribution < 1.29 is 41.6 Å². The van der Waals surface area contributed by atoms with Crippen LogP contribution in [0.5, 0.6) is 23.0 Å². The van der Waals surface area contributed by atoms with Gasteiger partial charge in [-0.2, -0.15) is 8.42 Å². The Kier molecular flexibility index (Phi) is 4.75. The van der Waals surface area contributed by atoms with E-state index in [-0.39, 0.29) is 25.5 Å². The van der Waals surface area contributed by atoms with E-state index in [1.165, 1.54) is 5.56 Å². The lowest BCUT2D eigenvalue weighted by atomic mass is 9.70. The van der Waals surface area contributed by atoms with Crippen molar-refractivity contribution in [1.29, 1.82) is 0 Å². The van der Waals surface area contributed by atoms with Crippen LogP contribution in [0.25, 0.3) is 0 Å². The number of nitrogens with zero attached hydrogens (tertiary/aromatic N) is 1. The SMILES string of the molecule is CN1Cc2c(ccc3c2OCO3)[C@@H]2[C@H]1c1cc3c(cc1C[C@@H]2O)OCO3.O=S(=O)(O)O. The second kappa shape index (κ2) is 7.24. The Morgan fingerprint density at radius 3 is 2.35 bits per heavy atom. The van der Waals surface area contributed by atoms with E-state index < -0.39 is 16.5 Å². The highest BCUT2D eigenvalue weighted by Gasteiger charge is 2.45. The molecule has 0 saturated carbocycles. The van der Waals surface area contributed by atoms with Crippen molar-refractivity contribution in [3.63, 3.8) is 0 Å². The maximum absolute atomic E-state index is 11.0. The van der Waals surface area contributed by atoms with Crippen LogP contribution in [-0.2, 0) is 23.4 Å². The number of hydrogen-bond donors (Lipinski definition) is 3. The molecule has 0 saturated heterocycles. The lowest BCUT2D eigenvalue weighted by Crippen LogP contribution is -2.43. The molecule has 166 valence electrons. The summed E-state index contributed by atoms with van der Waals surface area (Å²) in [6, 6.07) is 8.27. The van der Waals surface area contributed by atoms with E-state index in [1.54, 1.807) is 0 Å². The first-order chi connectivity index (χ1) is 14.7. The average molecular weight is 451 g/mol. The topological polar surface area (TPSA) is 135 Å². The van der Waals surface area contributed by atoms with Crippen LogP contribution in [0.4, 0.5) is 0 Å². The second-order valence-corrected chi connectivity index (χ2v) is 8.77. The first kappa shape index (κ1) is 20.3. The van der Waals surface area contributed by atoms with E-state index in [9.17, 15) is 5.11 Å². The zero-order chi connectivity index (χ0) is 21.9. The Labute approximate surface area is 178 Å². The highest BCUT2D eigenvalue weighted by molar-refractivity contribution is 7.79. The van der Waals surface area contributed by atoms with Crippen LogP contribution in [0.3, 0.4) is 0 Å². The Morgan fingerprint density at radius 1 is 0.968 bits per heavy atom. The molecule has 10 nitrogen and oxygen atoms in total. The Hall–Kier alpha value is -2.57. The third-order valence-electron chi connectivity index (χ3n) is 6.06. The van der Waals surface area contributed by atoms with Crippen LogP contribution in [0.2, 0.25) is 0 Å². The molecular weight excluding hydrogens is 430 g/mol. The van der Waals surface area contributed by atoms with E-state index in [0.717, 1.165) is 46.2 Å². The summed E-state index contributed by atoms with van der Waals surface area (Å²) in [5.74, 6) is 3.19. The summed E-state index contributed by atoms with van der Waals surface area (Å²) in [6.45, 7) is 1.28. The monoisotopic (exact) mass is 451 g/mol. The molecule has 0 unspecified atom stereocenters. The van der Waals surface area contributed by atoms with E-state index in [0.29, 0.717) is 6.42 Å². The molecule has 3 aliphatic heterocycles. The van der Waals surface area contributed by atoms with Gasteiger partial charge in [-0.1, -0.05) is 6.07 Å². The van der Waals surface area contributed by atoms with Gasteiger partial charge in [-0.15, -0.1) is 0 Å². The van der Waals surface area contributed by atoms with E-state index in [2.05, 4.69) is 24.1 Å². The maximum Gasteiger partial charge on any atom is 0.394 e. The first-order valence-corrected chi connectivity index (χ1v) is 11.0. The van der Waals surface area contributed by atoms with Gasteiger partial charge in [0.1, 0.15) is 0 Å². The number of rotatable bonds is 0. The van der Waals surface area contributed by atoms with Gasteiger partial charge in [0.25, 0.3) is 0 Å². The van der Waals surface area contributed by atoms with Crippen molar-refractivity contribution in [3.05, 3.63) is 46.5 Å². The number of hydrogen-bond acceptors (Lipinski definition) is 8. The van der Waals surface area contributed by atoms with Crippen molar-refractivity contribution in [2.45, 2.75) is 31.0 Å². The fourth-order valence-electron chi connectivity index (χ4n) is 4.97. The van der Waals surface area contributed by atoms with Crippen LogP contribution in [0.15, 0.2) is 24.3 Å². The summed E-state index contributed by atoms with van der Waals surface area (Å²) in [7, 11) is -2.57. The molecule has 2 aromatic carbocycles. The molecule has 31 heavy (non-hydrogen) atoms. The van der Waals surface area contributed by atoms with Crippen molar-refractivity contribution in [3.8, 4) is 23.0 Å². The number of benzene rings is 2. The molecule has 6 rings (SSSR count). The fraction of sp³-hybridized carbons (Fsp3) is 0.400. The van der Waals surface area contributed by atoms with Crippen LogP contribution >= 0.6 is 0 Å². The van der Waals surface area contributed by atoms with Gasteiger partial charge in [0.05, 0.1) is 6.10 Å². The van der Waals surface area contributed by atoms with Gasteiger partial charge >= 0.3 is 10.4 Å². The Balaban J connectivity index is 0.000000371. The molecular formula is C20H21NO9S. The molecule has 11 heteroatoms. The summed E-state index contributed by atoms with van der Waals surface area (Å²) >= 11 is 0. The zero-order valence-corrected chi connectivity index (χ0v) is 17.3. The highest BCUT2D eigenvalue weighted by Crippen LogP contribution is 2.54. The number of aliphatic hydroxyl groups excluding tert-OH is 1. The molecule has 0 fully saturated rings. The van der Waals surface area contributed by atoms with Gasteiger partial charge in [0, 0.05) is 24.1 Å². The molecule has 0 bridgehead atoms. The highest BCUT2D eigenvalue weighted by atomic mass is 32.3. The zero-order valence-electron chi connectivity index (χ0n) is 16.5. The fourth-order valence-corrected chi connectivity index (χ4v) is 4.97. The standard InChI is InChI=1S/C20H19NO5.H2O4S/c1-21-7-13-11(2-3-15-20(13)26-9-23-15)18-14(22)4-10-5-16-17(25-8-24-16)6-12(10)19(18)21;1-5(2,3)4/h2-3,5-6,14,18-19,22H,4,7-9H2,1H3;(H2,1,2,3,4)/t14-,18-,19+;/m0./s1. The minimum Gasteiger partial charge on any atom is -0.454 e. The van der Waals surface area contributed by atoms with E-state index in [4.69, 9.17) is 36.5 Å². The molecule has 3 N–H and O–H groups in total. The van der Waals surface area contributed by atoms with Gasteiger partial charge < -0.3 is 24.1 Å². The van der Waals surface area contributed by atoms with Crippen LogP contribution < -0.4 is 18.9 Å². The Morgan fingerprint density at radius 2 is 1.61 bits per heavy atom. The molecule has 4 aliphatic rings. The summed E-state index contributed by atoms with van der Waals surface area (Å²) in [6.07, 6.45) is 0.143. The van der Waals surface area contributed by atoms with Crippen LogP contribution in [0, 0.1) is 0 Å². The third-order valence-corrected chi connectivity index (χ3v) is 6.06. The Bertz CT molecular complexity index is 1140. The minimum atomic E-state index is -4.67. The van der Waals surface area contributed by atoms with Crippen molar-refractivity contribution in [2.24, 2.45) is 0 Å². The summed E-state index contributed by atoms with van der Waals surface area (Å²) < 4.78 is 54.0. The molecule has 2 aromatic rings. The van der Waals surface area contributed by atoms with E-state index in [1.807, 2.05) is 12.1 Å². The van der Waals surface area contributed by atoms with Gasteiger partial charge in [0.2, 0.25) is 13.6 Å². The van der Waals surface area contributed by atoms with Crippen molar-refractivity contribution >= 4 is 10.4 Å². The largest absolute Gasteiger partial charge is 0.454 e. The predicted molar refractivity (Wildman–Crippen MR) is 106 cm³/mol. The van der Waals surface area contributed by atoms with Crippen LogP contribution in [0.1, 0.15) is 34.2 Å². The maximum atomic E-state index is 11.0. The molecule has 0 spiro atoms. The summed E-state index contributed by atoms with van der Waals surface area (Å²) in [4.78, 5) is 2.29. The number of aliphatic hydroxyl groups is 1.